The molecule has 2 aliphatic carbocycles. The molecule has 11 aromatic carbocycles. The molecule has 0 N–H and O–H groups in total. The molecule has 352 valence electrons. The molecule has 5 nitrogen and oxygen atoms in total. The minimum absolute atomic E-state index is 0.490. The minimum Gasteiger partial charge on any atom is -0.456 e. The summed E-state index contributed by atoms with van der Waals surface area (Å²) in [6.07, 6.45) is 0. The third-order valence-corrected chi connectivity index (χ3v) is 17.4. The molecule has 0 amide bonds. The number of thiophene rings is 1. The lowest BCUT2D eigenvalue weighted by Gasteiger charge is -2.30. The number of hydrogen-bond donors (Lipinski definition) is 0. The molecule has 15 aromatic rings. The Labute approximate surface area is 440 Å². The zero-order valence-electron chi connectivity index (χ0n) is 40.7. The Morgan fingerprint density at radius 1 is 0.329 bits per heavy atom. The van der Waals surface area contributed by atoms with Crippen LogP contribution in [0.25, 0.3) is 137 Å². The highest BCUT2D eigenvalue weighted by molar-refractivity contribution is 7.25. The number of rotatable bonds is 5. The number of nitrogens with zero attached hydrogens (tertiary/aromatic N) is 4. The first-order chi connectivity index (χ1) is 37.7. The predicted octanol–water partition coefficient (Wildman–Crippen LogP) is 18.2. The third-order valence-electron chi connectivity index (χ3n) is 16.3. The average molecular weight is 985 g/mol. The number of hydrogen-bond acceptors (Lipinski definition) is 5. The molecule has 76 heavy (non-hydrogen) atoms. The summed E-state index contributed by atoms with van der Waals surface area (Å²) in [5.41, 5.74) is 19.8. The Bertz CT molecular complexity index is 4850. The third kappa shape index (κ3) is 5.76. The highest BCUT2D eigenvalue weighted by atomic mass is 32.1. The summed E-state index contributed by atoms with van der Waals surface area (Å²) in [5, 5.41) is 7.04. The molecule has 0 fully saturated rings. The Morgan fingerprint density at radius 3 is 1.55 bits per heavy atom. The SMILES string of the molecule is c1ccc(-c2nc(-c3ccc4c(c3)C3(c5ccccc5-c5ccccc53)c3ccccc3-4)nc(-c3cccc4oc5cc(-c6ccc7c(c6)sc6cc(-n8c9ccccc9c9ccccc98)ccc67)ccc5c34)n2)cc1. The molecular formula is C70H40N4OS. The summed E-state index contributed by atoms with van der Waals surface area (Å²) in [5.74, 6) is 1.82. The Morgan fingerprint density at radius 2 is 0.855 bits per heavy atom. The van der Waals surface area contributed by atoms with Crippen molar-refractivity contribution < 1.29 is 4.42 Å². The van der Waals surface area contributed by atoms with Crippen LogP contribution in [0, 0.1) is 0 Å². The van der Waals surface area contributed by atoms with E-state index < -0.39 is 5.41 Å². The van der Waals surface area contributed by atoms with Gasteiger partial charge in [0, 0.05) is 64.1 Å². The van der Waals surface area contributed by atoms with E-state index in [2.05, 4.69) is 217 Å². The Balaban J connectivity index is 0.783. The fraction of sp³-hybridized carbons (Fsp3) is 0.0143. The highest BCUT2D eigenvalue weighted by Crippen LogP contribution is 2.63. The van der Waals surface area contributed by atoms with Gasteiger partial charge in [-0.25, -0.2) is 15.0 Å². The van der Waals surface area contributed by atoms with Crippen molar-refractivity contribution in [3.05, 3.63) is 265 Å². The van der Waals surface area contributed by atoms with Gasteiger partial charge >= 0.3 is 0 Å². The normalized spacial score (nSPS) is 13.1. The van der Waals surface area contributed by atoms with Crippen molar-refractivity contribution in [3.8, 4) is 73.2 Å². The quantitative estimate of drug-likeness (QED) is 0.172. The molecule has 0 radical (unpaired) electrons. The molecule has 17 rings (SSSR count). The van der Waals surface area contributed by atoms with E-state index in [1.54, 1.807) is 0 Å². The fourth-order valence-electron chi connectivity index (χ4n) is 13.1. The summed E-state index contributed by atoms with van der Waals surface area (Å²) in [4.78, 5) is 16.0. The standard InChI is InChI=1S/C70H40N4OS/c1-2-15-41(16-3-1)67-71-68(44-31-33-49-48-19-6-11-25-58(48)70(59(49)37-44)56-23-9-4-17-46(56)47-18-5-10-24-57(47)70)73-69(72-67)55-22-14-28-62-66(55)54-35-30-42(38-63(54)75-62)43-29-34-52-53-36-32-45(40-65(53)76-64(52)39-43)74-60-26-12-7-20-50(60)51-21-8-13-27-61(51)74/h1-40H. The molecule has 0 saturated heterocycles. The van der Waals surface area contributed by atoms with E-state index in [9.17, 15) is 0 Å². The van der Waals surface area contributed by atoms with Crippen molar-refractivity contribution in [2.45, 2.75) is 5.41 Å². The summed E-state index contributed by atoms with van der Waals surface area (Å²) in [7, 11) is 0. The van der Waals surface area contributed by atoms with Gasteiger partial charge in [-0.05, 0) is 110 Å². The summed E-state index contributed by atoms with van der Waals surface area (Å²) < 4.78 is 11.7. The number of benzene rings is 11. The van der Waals surface area contributed by atoms with Crippen molar-refractivity contribution in [1.29, 1.82) is 0 Å². The van der Waals surface area contributed by atoms with E-state index in [1.165, 1.54) is 92.2 Å². The molecule has 2 aliphatic rings. The maximum atomic E-state index is 6.77. The summed E-state index contributed by atoms with van der Waals surface area (Å²) in [6.45, 7) is 0. The Hall–Kier alpha value is -9.75. The van der Waals surface area contributed by atoms with Crippen LogP contribution in [0.2, 0.25) is 0 Å². The summed E-state index contributed by atoms with van der Waals surface area (Å²) in [6, 6.07) is 87.7. The van der Waals surface area contributed by atoms with E-state index in [4.69, 9.17) is 19.4 Å². The van der Waals surface area contributed by atoms with Crippen LogP contribution in [0.3, 0.4) is 0 Å². The lowest BCUT2D eigenvalue weighted by molar-refractivity contribution is 0.669. The molecule has 0 unspecified atom stereocenters. The Kier molecular flexibility index (Phi) is 8.58. The van der Waals surface area contributed by atoms with E-state index in [-0.39, 0.29) is 0 Å². The van der Waals surface area contributed by atoms with Crippen LogP contribution in [-0.4, -0.2) is 19.5 Å². The second-order valence-electron chi connectivity index (χ2n) is 20.2. The van der Waals surface area contributed by atoms with E-state index in [1.807, 2.05) is 41.7 Å². The van der Waals surface area contributed by atoms with Gasteiger partial charge in [-0.15, -0.1) is 11.3 Å². The lowest BCUT2D eigenvalue weighted by Crippen LogP contribution is -2.25. The van der Waals surface area contributed by atoms with Crippen molar-refractivity contribution in [2.75, 3.05) is 0 Å². The van der Waals surface area contributed by atoms with Crippen LogP contribution in [0.15, 0.2) is 247 Å². The molecule has 0 aliphatic heterocycles. The van der Waals surface area contributed by atoms with Crippen molar-refractivity contribution in [3.63, 3.8) is 0 Å². The van der Waals surface area contributed by atoms with Gasteiger partial charge in [0.05, 0.1) is 16.4 Å². The molecule has 1 spiro atoms. The maximum Gasteiger partial charge on any atom is 0.164 e. The predicted molar refractivity (Wildman–Crippen MR) is 312 cm³/mol. The monoisotopic (exact) mass is 984 g/mol. The van der Waals surface area contributed by atoms with Crippen molar-refractivity contribution in [1.82, 2.24) is 19.5 Å². The number of aromatic nitrogens is 4. The van der Waals surface area contributed by atoms with Crippen LogP contribution in [0.4, 0.5) is 0 Å². The zero-order valence-corrected chi connectivity index (χ0v) is 41.5. The van der Waals surface area contributed by atoms with Gasteiger partial charge in [-0.3, -0.25) is 0 Å². The first-order valence-corrected chi connectivity index (χ1v) is 26.6. The topological polar surface area (TPSA) is 56.7 Å². The summed E-state index contributed by atoms with van der Waals surface area (Å²) >= 11 is 1.85. The van der Waals surface area contributed by atoms with Crippen LogP contribution in [0.1, 0.15) is 22.3 Å². The maximum absolute atomic E-state index is 6.77. The van der Waals surface area contributed by atoms with Crippen molar-refractivity contribution in [2.24, 2.45) is 0 Å². The molecule has 0 atom stereocenters. The number of fused-ring (bicyclic) bond motifs is 19. The molecule has 6 heteroatoms. The first-order valence-electron chi connectivity index (χ1n) is 25.8. The van der Waals surface area contributed by atoms with Gasteiger partial charge in [0.1, 0.15) is 11.2 Å². The van der Waals surface area contributed by atoms with Crippen LogP contribution >= 0.6 is 11.3 Å². The van der Waals surface area contributed by atoms with Crippen LogP contribution in [-0.2, 0) is 5.41 Å². The zero-order chi connectivity index (χ0) is 49.6. The highest BCUT2D eigenvalue weighted by Gasteiger charge is 2.51. The van der Waals surface area contributed by atoms with Crippen LogP contribution in [0.5, 0.6) is 0 Å². The molecule has 4 aromatic heterocycles. The number of para-hydroxylation sites is 2. The molecule has 4 heterocycles. The van der Waals surface area contributed by atoms with E-state index in [0.717, 1.165) is 49.8 Å². The molecular weight excluding hydrogens is 945 g/mol. The second kappa shape index (κ2) is 15.6. The molecule has 0 bridgehead atoms. The smallest absolute Gasteiger partial charge is 0.164 e. The van der Waals surface area contributed by atoms with Gasteiger partial charge in [0.2, 0.25) is 0 Å². The minimum atomic E-state index is -0.490. The van der Waals surface area contributed by atoms with E-state index >= 15 is 0 Å². The average Bonchev–Trinajstić information content (AvgIpc) is 4.31. The van der Waals surface area contributed by atoms with E-state index in [0.29, 0.717) is 17.5 Å². The fourth-order valence-corrected chi connectivity index (χ4v) is 14.2. The van der Waals surface area contributed by atoms with Gasteiger partial charge in [-0.2, -0.15) is 0 Å². The van der Waals surface area contributed by atoms with Gasteiger partial charge in [0.15, 0.2) is 17.5 Å². The van der Waals surface area contributed by atoms with Gasteiger partial charge in [-0.1, -0.05) is 188 Å². The largest absolute Gasteiger partial charge is 0.456 e. The lowest BCUT2D eigenvalue weighted by atomic mass is 9.70. The van der Waals surface area contributed by atoms with Gasteiger partial charge in [0.25, 0.3) is 0 Å². The van der Waals surface area contributed by atoms with Crippen molar-refractivity contribution >= 4 is 75.3 Å². The number of furan rings is 1. The van der Waals surface area contributed by atoms with Crippen LogP contribution < -0.4 is 0 Å². The second-order valence-corrected chi connectivity index (χ2v) is 21.3. The first kappa shape index (κ1) is 41.7. The molecule has 0 saturated carbocycles. The van der Waals surface area contributed by atoms with Gasteiger partial charge < -0.3 is 8.98 Å².